The minimum Gasteiger partial charge on any atom is -0.351 e. The Morgan fingerprint density at radius 3 is 2.38 bits per heavy atom. The lowest BCUT2D eigenvalue weighted by atomic mass is 10.0. The highest BCUT2D eigenvalue weighted by molar-refractivity contribution is 7.22. The van der Waals surface area contributed by atoms with E-state index in [0.717, 1.165) is 60.9 Å². The van der Waals surface area contributed by atoms with E-state index >= 15 is 0 Å². The van der Waals surface area contributed by atoms with Gasteiger partial charge in [-0.25, -0.2) is 4.98 Å². The maximum absolute atomic E-state index is 12.6. The number of thiazole rings is 1. The molecule has 5 nitrogen and oxygen atoms in total. The van der Waals surface area contributed by atoms with E-state index in [9.17, 15) is 4.79 Å². The molecular formula is C28H30N4OS. The summed E-state index contributed by atoms with van der Waals surface area (Å²) >= 11 is 1.79. The Kier molecular flexibility index (Phi) is 6.88. The number of nitrogens with one attached hydrogen (secondary N) is 1. The molecule has 0 radical (unpaired) electrons. The molecule has 6 heteroatoms. The predicted octanol–water partition coefficient (Wildman–Crippen LogP) is 5.08. The van der Waals surface area contributed by atoms with Crippen molar-refractivity contribution < 1.29 is 4.79 Å². The SMILES string of the molecule is CCc1cccc2sc(N3CCN(CCNC(=O)c4ccc(-c5ccccc5)cc4)CC3)nc12. The monoisotopic (exact) mass is 470 g/mol. The van der Waals surface area contributed by atoms with Crippen molar-refractivity contribution in [1.82, 2.24) is 15.2 Å². The Hall–Kier alpha value is -3.22. The Balaban J connectivity index is 1.09. The molecule has 1 amide bonds. The molecule has 5 rings (SSSR count). The van der Waals surface area contributed by atoms with Crippen molar-refractivity contribution in [3.63, 3.8) is 0 Å². The van der Waals surface area contributed by atoms with Gasteiger partial charge in [-0.3, -0.25) is 9.69 Å². The standard InChI is InChI=1S/C28H30N4OS/c1-2-21-9-6-10-25-26(21)30-28(34-25)32-19-17-31(18-20-32)16-15-29-27(33)24-13-11-23(12-14-24)22-7-4-3-5-8-22/h3-14H,2,15-20H2,1H3,(H,29,33). The second-order valence-corrected chi connectivity index (χ2v) is 9.65. The number of carbonyl (C=O) groups excluding carboxylic acids is 1. The maximum Gasteiger partial charge on any atom is 0.251 e. The predicted molar refractivity (Wildman–Crippen MR) is 142 cm³/mol. The van der Waals surface area contributed by atoms with Crippen molar-refractivity contribution in [3.8, 4) is 11.1 Å². The van der Waals surface area contributed by atoms with E-state index < -0.39 is 0 Å². The van der Waals surface area contributed by atoms with Crippen molar-refractivity contribution in [3.05, 3.63) is 83.9 Å². The number of hydrogen-bond acceptors (Lipinski definition) is 5. The summed E-state index contributed by atoms with van der Waals surface area (Å²) in [6.07, 6.45) is 1.01. The van der Waals surface area contributed by atoms with Crippen molar-refractivity contribution in [2.75, 3.05) is 44.2 Å². The van der Waals surface area contributed by atoms with Crippen LogP contribution >= 0.6 is 11.3 Å². The second-order valence-electron chi connectivity index (χ2n) is 8.64. The number of fused-ring (bicyclic) bond motifs is 1. The van der Waals surface area contributed by atoms with Crippen molar-refractivity contribution in [2.45, 2.75) is 13.3 Å². The van der Waals surface area contributed by atoms with Gasteiger partial charge >= 0.3 is 0 Å². The number of amides is 1. The molecule has 1 N–H and O–H groups in total. The third kappa shape index (κ3) is 4.98. The fraction of sp³-hybridized carbons (Fsp3) is 0.286. The number of para-hydroxylation sites is 1. The van der Waals surface area contributed by atoms with Gasteiger partial charge in [-0.05, 0) is 41.3 Å². The van der Waals surface area contributed by atoms with E-state index in [1.54, 1.807) is 11.3 Å². The van der Waals surface area contributed by atoms with Crippen molar-refractivity contribution in [2.24, 2.45) is 0 Å². The fourth-order valence-corrected chi connectivity index (χ4v) is 5.52. The van der Waals surface area contributed by atoms with Crippen LogP contribution in [0, 0.1) is 0 Å². The molecule has 34 heavy (non-hydrogen) atoms. The smallest absolute Gasteiger partial charge is 0.251 e. The number of piperazine rings is 1. The molecule has 3 aromatic carbocycles. The Bertz CT molecular complexity index is 1240. The number of nitrogens with zero attached hydrogens (tertiary/aromatic N) is 3. The Morgan fingerprint density at radius 1 is 0.912 bits per heavy atom. The highest BCUT2D eigenvalue weighted by Crippen LogP contribution is 2.31. The molecule has 2 heterocycles. The molecule has 0 saturated carbocycles. The van der Waals surface area contributed by atoms with E-state index in [-0.39, 0.29) is 5.91 Å². The minimum absolute atomic E-state index is 0.0144. The van der Waals surface area contributed by atoms with Gasteiger partial charge in [-0.15, -0.1) is 0 Å². The van der Waals surface area contributed by atoms with Gasteiger partial charge in [0, 0.05) is 44.8 Å². The summed E-state index contributed by atoms with van der Waals surface area (Å²) in [4.78, 5) is 22.3. The average molecular weight is 471 g/mol. The summed E-state index contributed by atoms with van der Waals surface area (Å²) in [5.41, 5.74) is 5.46. The first kappa shape index (κ1) is 22.6. The zero-order valence-corrected chi connectivity index (χ0v) is 20.4. The van der Waals surface area contributed by atoms with E-state index in [1.807, 2.05) is 42.5 Å². The van der Waals surface area contributed by atoms with Gasteiger partial charge in [0.05, 0.1) is 10.2 Å². The van der Waals surface area contributed by atoms with Crippen LogP contribution in [-0.4, -0.2) is 55.1 Å². The number of benzene rings is 3. The first-order chi connectivity index (χ1) is 16.7. The van der Waals surface area contributed by atoms with E-state index in [2.05, 4.69) is 52.4 Å². The summed E-state index contributed by atoms with van der Waals surface area (Å²) in [7, 11) is 0. The lowest BCUT2D eigenvalue weighted by Gasteiger charge is -2.34. The van der Waals surface area contributed by atoms with E-state index in [4.69, 9.17) is 4.98 Å². The summed E-state index contributed by atoms with van der Waals surface area (Å²) in [6.45, 7) is 7.61. The molecule has 174 valence electrons. The maximum atomic E-state index is 12.6. The van der Waals surface area contributed by atoms with Crippen LogP contribution in [0.25, 0.3) is 21.3 Å². The first-order valence-electron chi connectivity index (χ1n) is 12.0. The van der Waals surface area contributed by atoms with Gasteiger partial charge in [0.15, 0.2) is 5.13 Å². The molecule has 4 aromatic rings. The van der Waals surface area contributed by atoms with Crippen molar-refractivity contribution >= 4 is 32.6 Å². The molecular weight excluding hydrogens is 440 g/mol. The third-order valence-corrected chi connectivity index (χ3v) is 7.56. The summed E-state index contributed by atoms with van der Waals surface area (Å²) in [6, 6.07) is 24.5. The number of anilines is 1. The van der Waals surface area contributed by atoms with Crippen LogP contribution in [-0.2, 0) is 6.42 Å². The van der Waals surface area contributed by atoms with Crippen LogP contribution in [0.15, 0.2) is 72.8 Å². The second kappa shape index (κ2) is 10.4. The van der Waals surface area contributed by atoms with Crippen LogP contribution in [0.5, 0.6) is 0 Å². The molecule has 1 fully saturated rings. The van der Waals surface area contributed by atoms with Gasteiger partial charge in [-0.1, -0.05) is 72.9 Å². The van der Waals surface area contributed by atoms with E-state index in [0.29, 0.717) is 12.1 Å². The quantitative estimate of drug-likeness (QED) is 0.409. The largest absolute Gasteiger partial charge is 0.351 e. The molecule has 1 aromatic heterocycles. The van der Waals surface area contributed by atoms with Gasteiger partial charge in [0.25, 0.3) is 5.91 Å². The Morgan fingerprint density at radius 2 is 1.65 bits per heavy atom. The molecule has 0 atom stereocenters. The van der Waals surface area contributed by atoms with Crippen LogP contribution in [0.3, 0.4) is 0 Å². The fourth-order valence-electron chi connectivity index (χ4n) is 4.45. The molecule has 0 unspecified atom stereocenters. The number of rotatable bonds is 7. The highest BCUT2D eigenvalue weighted by atomic mass is 32.1. The molecule has 1 saturated heterocycles. The minimum atomic E-state index is -0.0144. The molecule has 1 aliphatic rings. The normalized spacial score (nSPS) is 14.4. The lowest BCUT2D eigenvalue weighted by molar-refractivity contribution is 0.0948. The number of aryl methyl sites for hydroxylation is 1. The average Bonchev–Trinajstić information content (AvgIpc) is 3.34. The first-order valence-corrected chi connectivity index (χ1v) is 12.8. The van der Waals surface area contributed by atoms with Crippen LogP contribution < -0.4 is 10.2 Å². The zero-order valence-electron chi connectivity index (χ0n) is 19.5. The highest BCUT2D eigenvalue weighted by Gasteiger charge is 2.20. The van der Waals surface area contributed by atoms with Gasteiger partial charge < -0.3 is 10.2 Å². The number of aromatic nitrogens is 1. The number of carbonyl (C=O) groups is 1. The van der Waals surface area contributed by atoms with Crippen LogP contribution in [0.1, 0.15) is 22.8 Å². The van der Waals surface area contributed by atoms with E-state index in [1.165, 1.54) is 10.3 Å². The molecule has 0 aliphatic carbocycles. The topological polar surface area (TPSA) is 48.5 Å². The van der Waals surface area contributed by atoms with Crippen molar-refractivity contribution in [1.29, 1.82) is 0 Å². The van der Waals surface area contributed by atoms with Crippen LogP contribution in [0.2, 0.25) is 0 Å². The zero-order chi connectivity index (χ0) is 23.3. The molecule has 1 aliphatic heterocycles. The Labute approximate surface area is 205 Å². The van der Waals surface area contributed by atoms with Gasteiger partial charge in [-0.2, -0.15) is 0 Å². The number of hydrogen-bond donors (Lipinski definition) is 1. The summed E-state index contributed by atoms with van der Waals surface area (Å²) in [5, 5.41) is 4.20. The third-order valence-electron chi connectivity index (χ3n) is 6.48. The molecule has 0 spiro atoms. The van der Waals surface area contributed by atoms with Gasteiger partial charge in [0.2, 0.25) is 0 Å². The molecule has 0 bridgehead atoms. The summed E-state index contributed by atoms with van der Waals surface area (Å²) < 4.78 is 1.27. The summed E-state index contributed by atoms with van der Waals surface area (Å²) in [5.74, 6) is -0.0144. The van der Waals surface area contributed by atoms with Gasteiger partial charge in [0.1, 0.15) is 0 Å². The van der Waals surface area contributed by atoms with Crippen LogP contribution in [0.4, 0.5) is 5.13 Å². The lowest BCUT2D eigenvalue weighted by Crippen LogP contribution is -2.48.